The minimum atomic E-state index is -5.83. The molecule has 0 aromatic carbocycles. The van der Waals surface area contributed by atoms with Crippen LogP contribution in [0.2, 0.25) is 0 Å². The van der Waals surface area contributed by atoms with Gasteiger partial charge in [-0.05, 0) is 31.8 Å². The molecule has 19 heavy (non-hydrogen) atoms. The summed E-state index contributed by atoms with van der Waals surface area (Å²) < 4.78 is 62.0. The average Bonchev–Trinajstić information content (AvgIpc) is 2.34. The van der Waals surface area contributed by atoms with E-state index >= 15 is 0 Å². The maximum Gasteiger partial charge on any atom is 0.463 e. The maximum atomic E-state index is 12.9. The van der Waals surface area contributed by atoms with Crippen LogP contribution in [0.15, 0.2) is 0 Å². The van der Waals surface area contributed by atoms with Crippen molar-refractivity contribution in [3.05, 3.63) is 0 Å². The third kappa shape index (κ3) is 3.77. The predicted molar refractivity (Wildman–Crippen MR) is 58.8 cm³/mol. The Morgan fingerprint density at radius 1 is 1.21 bits per heavy atom. The van der Waals surface area contributed by atoms with Crippen molar-refractivity contribution in [2.24, 2.45) is 5.92 Å². The van der Waals surface area contributed by atoms with Crippen molar-refractivity contribution in [3.8, 4) is 0 Å². The van der Waals surface area contributed by atoms with E-state index in [1.54, 1.807) is 0 Å². The number of amides is 1. The second kappa shape index (κ2) is 6.02. The molecule has 1 aliphatic rings. The molecule has 1 amide bonds. The number of hydrogen-bond donors (Lipinski definition) is 1. The zero-order valence-electron chi connectivity index (χ0n) is 10.6. The van der Waals surface area contributed by atoms with Gasteiger partial charge >= 0.3 is 18.0 Å². The maximum absolute atomic E-state index is 12.9. The van der Waals surface area contributed by atoms with Crippen molar-refractivity contribution in [1.82, 2.24) is 10.2 Å². The highest BCUT2D eigenvalue weighted by Crippen LogP contribution is 2.37. The van der Waals surface area contributed by atoms with Crippen molar-refractivity contribution >= 4 is 5.91 Å². The fourth-order valence-corrected chi connectivity index (χ4v) is 2.01. The molecular weight excluding hydrogens is 271 g/mol. The Labute approximate surface area is 108 Å². The molecule has 3 nitrogen and oxygen atoms in total. The zero-order valence-corrected chi connectivity index (χ0v) is 10.6. The third-order valence-corrected chi connectivity index (χ3v) is 3.21. The summed E-state index contributed by atoms with van der Waals surface area (Å²) in [6, 6.07) is 0. The van der Waals surface area contributed by atoms with Crippen LogP contribution >= 0.6 is 0 Å². The molecule has 0 aliphatic carbocycles. The Kier molecular flexibility index (Phi) is 5.11. The molecule has 112 valence electrons. The molecule has 1 N–H and O–H groups in total. The Balaban J connectivity index is 2.54. The first kappa shape index (κ1) is 16.1. The minimum absolute atomic E-state index is 0.0550. The smallest absolute Gasteiger partial charge is 0.337 e. The van der Waals surface area contributed by atoms with Crippen LogP contribution in [0.1, 0.15) is 19.8 Å². The first-order valence-electron chi connectivity index (χ1n) is 6.14. The largest absolute Gasteiger partial charge is 0.463 e. The Bertz CT molecular complexity index is 311. The number of piperidine rings is 1. The molecule has 1 rings (SSSR count). The lowest BCUT2D eigenvalue weighted by Crippen LogP contribution is -2.54. The van der Waals surface area contributed by atoms with E-state index < -0.39 is 18.0 Å². The number of nitrogens with zero attached hydrogens (tertiary/aromatic N) is 1. The van der Waals surface area contributed by atoms with Crippen molar-refractivity contribution in [3.63, 3.8) is 0 Å². The molecule has 1 fully saturated rings. The number of nitrogens with one attached hydrogen (secondary N) is 1. The Morgan fingerprint density at radius 3 is 2.16 bits per heavy atom. The molecule has 0 saturated carbocycles. The normalized spacial score (nSPS) is 18.7. The fourth-order valence-electron chi connectivity index (χ4n) is 2.01. The summed E-state index contributed by atoms with van der Waals surface area (Å²) >= 11 is 0. The summed E-state index contributed by atoms with van der Waals surface area (Å²) in [7, 11) is 0. The van der Waals surface area contributed by atoms with E-state index in [1.807, 2.05) is 6.92 Å². The molecule has 0 aromatic heterocycles. The summed E-state index contributed by atoms with van der Waals surface area (Å²) in [5.74, 6) is -7.22. The van der Waals surface area contributed by atoms with E-state index in [1.165, 1.54) is 0 Å². The van der Waals surface area contributed by atoms with Crippen LogP contribution in [-0.4, -0.2) is 49.1 Å². The van der Waals surface area contributed by atoms with Crippen LogP contribution in [0, 0.1) is 5.92 Å². The van der Waals surface area contributed by atoms with Gasteiger partial charge in [0.2, 0.25) is 0 Å². The van der Waals surface area contributed by atoms with E-state index in [4.69, 9.17) is 0 Å². The van der Waals surface area contributed by atoms with Gasteiger partial charge in [0.15, 0.2) is 0 Å². The molecule has 1 heterocycles. The van der Waals surface area contributed by atoms with Gasteiger partial charge in [-0.3, -0.25) is 4.79 Å². The molecule has 0 unspecified atom stereocenters. The number of halogens is 5. The van der Waals surface area contributed by atoms with Crippen LogP contribution in [0.5, 0.6) is 0 Å². The highest BCUT2D eigenvalue weighted by Gasteiger charge is 2.64. The van der Waals surface area contributed by atoms with Crippen LogP contribution in [0.4, 0.5) is 22.0 Å². The van der Waals surface area contributed by atoms with Crippen LogP contribution < -0.4 is 5.32 Å². The van der Waals surface area contributed by atoms with Crippen molar-refractivity contribution in [2.75, 3.05) is 26.2 Å². The first-order chi connectivity index (χ1) is 8.70. The van der Waals surface area contributed by atoms with Crippen molar-refractivity contribution in [2.45, 2.75) is 31.9 Å². The summed E-state index contributed by atoms with van der Waals surface area (Å²) in [5, 5.41) is 3.08. The Morgan fingerprint density at radius 2 is 1.74 bits per heavy atom. The summed E-state index contributed by atoms with van der Waals surface area (Å²) in [4.78, 5) is 11.8. The fraction of sp³-hybridized carbons (Fsp3) is 0.909. The van der Waals surface area contributed by atoms with Gasteiger partial charge in [0.25, 0.3) is 0 Å². The highest BCUT2D eigenvalue weighted by molar-refractivity contribution is 5.84. The summed E-state index contributed by atoms with van der Waals surface area (Å²) in [6.45, 7) is 3.27. The van der Waals surface area contributed by atoms with Gasteiger partial charge in [0.1, 0.15) is 0 Å². The number of carbonyl (C=O) groups excluding carboxylic acids is 1. The zero-order chi connectivity index (χ0) is 14.7. The van der Waals surface area contributed by atoms with Crippen LogP contribution in [0.3, 0.4) is 0 Å². The van der Waals surface area contributed by atoms with Gasteiger partial charge in [0.05, 0.1) is 0 Å². The first-order valence-corrected chi connectivity index (χ1v) is 6.14. The van der Waals surface area contributed by atoms with Gasteiger partial charge in [-0.15, -0.1) is 0 Å². The molecule has 8 heteroatoms. The van der Waals surface area contributed by atoms with Crippen molar-refractivity contribution < 1.29 is 26.7 Å². The average molecular weight is 288 g/mol. The predicted octanol–water partition coefficient (Wildman–Crippen LogP) is 2.03. The summed E-state index contributed by atoms with van der Waals surface area (Å²) in [5.41, 5.74) is 0. The summed E-state index contributed by atoms with van der Waals surface area (Å²) in [6.07, 6.45) is -4.95. The van der Waals surface area contributed by atoms with E-state index in [2.05, 4.69) is 5.32 Å². The van der Waals surface area contributed by atoms with E-state index in [-0.39, 0.29) is 19.0 Å². The topological polar surface area (TPSA) is 32.3 Å². The number of hydrogen-bond acceptors (Lipinski definition) is 2. The van der Waals surface area contributed by atoms with Gasteiger partial charge in [-0.2, -0.15) is 22.0 Å². The van der Waals surface area contributed by atoms with Gasteiger partial charge in [0, 0.05) is 13.1 Å². The molecule has 0 radical (unpaired) electrons. The lowest BCUT2D eigenvalue weighted by atomic mass is 9.96. The highest BCUT2D eigenvalue weighted by atomic mass is 19.4. The van der Waals surface area contributed by atoms with Crippen molar-refractivity contribution in [1.29, 1.82) is 0 Å². The second-order valence-corrected chi connectivity index (χ2v) is 4.62. The number of carbonyl (C=O) groups is 1. The lowest BCUT2D eigenvalue weighted by molar-refractivity contribution is -0.274. The number of alkyl halides is 5. The van der Waals surface area contributed by atoms with Gasteiger partial charge < -0.3 is 10.2 Å². The Hall–Kier alpha value is -0.920. The monoisotopic (exact) mass is 288 g/mol. The SMILES string of the molecule is CCNCC1CCN(C(=O)C(F)(F)C(F)(F)F)CC1. The molecule has 0 bridgehead atoms. The quantitative estimate of drug-likeness (QED) is 0.803. The van der Waals surface area contributed by atoms with Crippen LogP contribution in [-0.2, 0) is 4.79 Å². The molecule has 1 saturated heterocycles. The van der Waals surface area contributed by atoms with E-state index in [9.17, 15) is 26.7 Å². The van der Waals surface area contributed by atoms with Gasteiger partial charge in [-0.25, -0.2) is 0 Å². The minimum Gasteiger partial charge on any atom is -0.337 e. The molecule has 0 aromatic rings. The second-order valence-electron chi connectivity index (χ2n) is 4.62. The molecule has 1 aliphatic heterocycles. The number of likely N-dealkylation sites (tertiary alicyclic amines) is 1. The lowest BCUT2D eigenvalue weighted by Gasteiger charge is -2.34. The van der Waals surface area contributed by atoms with E-state index in [0.29, 0.717) is 24.3 Å². The third-order valence-electron chi connectivity index (χ3n) is 3.21. The van der Waals surface area contributed by atoms with E-state index in [0.717, 1.165) is 6.54 Å². The number of rotatable bonds is 4. The standard InChI is InChI=1S/C11H17F5N2O/c1-2-17-7-8-3-5-18(6-4-8)9(19)10(12,13)11(14,15)16/h8,17H,2-7H2,1H3. The van der Waals surface area contributed by atoms with Crippen LogP contribution in [0.25, 0.3) is 0 Å². The molecular formula is C11H17F5N2O. The molecule has 0 atom stereocenters. The van der Waals surface area contributed by atoms with Gasteiger partial charge in [-0.1, -0.05) is 6.92 Å². The molecule has 0 spiro atoms.